The number of hydrogen-bond donors (Lipinski definition) is 2. The van der Waals surface area contributed by atoms with E-state index in [0.29, 0.717) is 31.3 Å². The van der Waals surface area contributed by atoms with Crippen molar-refractivity contribution in [3.8, 4) is 11.5 Å². The maximum absolute atomic E-state index is 13.8. The van der Waals surface area contributed by atoms with Crippen molar-refractivity contribution < 1.29 is 28.6 Å². The van der Waals surface area contributed by atoms with Gasteiger partial charge >= 0.3 is 18.0 Å². The first kappa shape index (κ1) is 30.9. The zero-order valence-electron chi connectivity index (χ0n) is 24.4. The number of esters is 2. The van der Waals surface area contributed by atoms with Gasteiger partial charge in [0.25, 0.3) is 0 Å². The number of unbranched alkanes of at least 4 members (excludes halogenated alkanes) is 1. The third-order valence-corrected chi connectivity index (χ3v) is 7.19. The van der Waals surface area contributed by atoms with Crippen molar-refractivity contribution in [1.82, 2.24) is 15.5 Å². The largest absolute Gasteiger partial charge is 0.493 e. The van der Waals surface area contributed by atoms with Crippen LogP contribution in [0, 0.1) is 6.92 Å². The van der Waals surface area contributed by atoms with Crippen LogP contribution in [0.1, 0.15) is 69.7 Å². The van der Waals surface area contributed by atoms with Crippen molar-refractivity contribution >= 4 is 18.0 Å². The van der Waals surface area contributed by atoms with E-state index in [1.165, 1.54) is 5.56 Å². The monoisotopic (exact) mass is 553 g/mol. The summed E-state index contributed by atoms with van der Waals surface area (Å²) >= 11 is 0. The number of nitrogens with one attached hydrogen (secondary N) is 2. The number of ether oxygens (including phenoxy) is 3. The average molecular weight is 554 g/mol. The van der Waals surface area contributed by atoms with Crippen LogP contribution >= 0.6 is 0 Å². The summed E-state index contributed by atoms with van der Waals surface area (Å²) in [5.74, 6) is 0.0565. The van der Waals surface area contributed by atoms with Crippen molar-refractivity contribution in [3.05, 3.63) is 59.2 Å². The summed E-state index contributed by atoms with van der Waals surface area (Å²) in [7, 11) is 0. The fourth-order valence-corrected chi connectivity index (χ4v) is 4.65. The summed E-state index contributed by atoms with van der Waals surface area (Å²) < 4.78 is 16.8. The molecule has 1 saturated heterocycles. The number of carbonyl (C=O) groups excluding carboxylic acids is 3. The highest BCUT2D eigenvalue weighted by atomic mass is 16.6. The highest BCUT2D eigenvalue weighted by molar-refractivity contribution is 5.95. The Labute approximate surface area is 237 Å². The zero-order valence-corrected chi connectivity index (χ0v) is 24.4. The van der Waals surface area contributed by atoms with Crippen molar-refractivity contribution in [3.63, 3.8) is 0 Å². The van der Waals surface area contributed by atoms with Gasteiger partial charge in [0.15, 0.2) is 5.54 Å². The van der Waals surface area contributed by atoms with Crippen molar-refractivity contribution in [2.24, 2.45) is 0 Å². The van der Waals surface area contributed by atoms with Gasteiger partial charge in [-0.3, -0.25) is 4.79 Å². The van der Waals surface area contributed by atoms with Crippen LogP contribution in [0.4, 0.5) is 4.79 Å². The summed E-state index contributed by atoms with van der Waals surface area (Å²) in [6.07, 6.45) is 2.63. The Morgan fingerprint density at radius 1 is 1.00 bits per heavy atom. The molecule has 2 N–H and O–H groups in total. The number of rotatable bonds is 14. The Balaban J connectivity index is 1.85. The van der Waals surface area contributed by atoms with Crippen LogP contribution < -0.4 is 20.1 Å². The van der Waals surface area contributed by atoms with Crippen LogP contribution in [0.3, 0.4) is 0 Å². The lowest BCUT2D eigenvalue weighted by Gasteiger charge is -2.42. The van der Waals surface area contributed by atoms with E-state index in [4.69, 9.17) is 14.2 Å². The molecule has 0 aliphatic carbocycles. The van der Waals surface area contributed by atoms with Crippen LogP contribution in [0.25, 0.3) is 0 Å². The number of aryl methyl sites for hydroxylation is 1. The molecule has 1 fully saturated rings. The molecule has 9 nitrogen and oxygen atoms in total. The lowest BCUT2D eigenvalue weighted by Crippen LogP contribution is -2.74. The predicted molar refractivity (Wildman–Crippen MR) is 154 cm³/mol. The van der Waals surface area contributed by atoms with Gasteiger partial charge in [0.05, 0.1) is 19.3 Å². The van der Waals surface area contributed by atoms with Crippen molar-refractivity contribution in [2.45, 2.75) is 71.9 Å². The number of urea groups is 1. The van der Waals surface area contributed by atoms with Crippen molar-refractivity contribution in [2.75, 3.05) is 32.8 Å². The van der Waals surface area contributed by atoms with Gasteiger partial charge in [0.1, 0.15) is 11.5 Å². The Hall–Kier alpha value is -3.59. The Morgan fingerprint density at radius 3 is 2.15 bits per heavy atom. The minimum atomic E-state index is -1.29. The van der Waals surface area contributed by atoms with Crippen LogP contribution in [-0.2, 0) is 20.7 Å². The summed E-state index contributed by atoms with van der Waals surface area (Å²) in [6.45, 7) is 11.2. The Morgan fingerprint density at radius 2 is 1.62 bits per heavy atom. The second kappa shape index (κ2) is 14.7. The molecule has 2 aromatic carbocycles. The average Bonchev–Trinajstić information content (AvgIpc) is 2.93. The SMILES string of the molecule is CCOc1cc([C@@H](C)N(CCCCc2ccccc2)C(=O)NC2(C(=O)OC(=O)CC)CNC2)cc(OCC)c1C. The summed E-state index contributed by atoms with van der Waals surface area (Å²) in [6, 6.07) is 13.4. The third-order valence-electron chi connectivity index (χ3n) is 7.19. The van der Waals surface area contributed by atoms with E-state index in [-0.39, 0.29) is 25.6 Å². The molecular weight excluding hydrogens is 510 g/mol. The molecular formula is C31H43N3O6. The first-order chi connectivity index (χ1) is 19.2. The molecule has 0 radical (unpaired) electrons. The minimum Gasteiger partial charge on any atom is -0.493 e. The molecule has 2 aromatic rings. The Bertz CT molecular complexity index is 1120. The van der Waals surface area contributed by atoms with E-state index < -0.39 is 23.5 Å². The molecule has 1 heterocycles. The molecule has 0 saturated carbocycles. The molecule has 0 aromatic heterocycles. The maximum atomic E-state index is 13.8. The van der Waals surface area contributed by atoms with E-state index in [9.17, 15) is 14.4 Å². The second-order valence-electron chi connectivity index (χ2n) is 10.1. The summed E-state index contributed by atoms with van der Waals surface area (Å²) in [5, 5.41) is 5.92. The van der Waals surface area contributed by atoms with Gasteiger partial charge < -0.3 is 29.7 Å². The fourth-order valence-electron chi connectivity index (χ4n) is 4.65. The van der Waals surface area contributed by atoms with Gasteiger partial charge in [0.2, 0.25) is 0 Å². The Kier molecular flexibility index (Phi) is 11.4. The number of hydrogen-bond acceptors (Lipinski definition) is 7. The molecule has 3 rings (SSSR count). The van der Waals surface area contributed by atoms with Gasteiger partial charge in [-0.2, -0.15) is 0 Å². The van der Waals surface area contributed by atoms with Crippen molar-refractivity contribution in [1.29, 1.82) is 0 Å². The van der Waals surface area contributed by atoms with E-state index in [0.717, 1.165) is 30.4 Å². The first-order valence-electron chi connectivity index (χ1n) is 14.2. The lowest BCUT2D eigenvalue weighted by molar-refractivity contribution is -0.165. The minimum absolute atomic E-state index is 0.0749. The maximum Gasteiger partial charge on any atom is 0.342 e. The van der Waals surface area contributed by atoms with E-state index in [2.05, 4.69) is 22.8 Å². The standard InChI is InChI=1S/C31H43N3O6/c1-6-28(35)40-29(36)31(20-32-21-31)33-30(37)34(17-13-12-16-24-14-10-9-11-15-24)23(5)25-18-26(38-7-2)22(4)27(19-25)39-8-3/h9-11,14-15,18-19,23,32H,6-8,12-13,16-17,20-21H2,1-5H3,(H,33,37)/t23-/m1/s1. The van der Waals surface area contributed by atoms with Gasteiger partial charge in [-0.15, -0.1) is 0 Å². The lowest BCUT2D eigenvalue weighted by atomic mass is 9.92. The molecule has 218 valence electrons. The molecule has 0 spiro atoms. The molecule has 1 atom stereocenters. The van der Waals surface area contributed by atoms with Crippen LogP contribution in [0.2, 0.25) is 0 Å². The smallest absolute Gasteiger partial charge is 0.342 e. The molecule has 0 bridgehead atoms. The molecule has 1 aliphatic heterocycles. The van der Waals surface area contributed by atoms with Gasteiger partial charge in [-0.05, 0) is 70.2 Å². The number of nitrogens with zero attached hydrogens (tertiary/aromatic N) is 1. The zero-order chi connectivity index (χ0) is 29.1. The quantitative estimate of drug-likeness (QED) is 0.198. The molecule has 0 unspecified atom stereocenters. The summed E-state index contributed by atoms with van der Waals surface area (Å²) in [5.41, 5.74) is 1.72. The van der Waals surface area contributed by atoms with Gasteiger partial charge in [0, 0.05) is 31.6 Å². The number of amides is 2. The topological polar surface area (TPSA) is 106 Å². The highest BCUT2D eigenvalue weighted by Crippen LogP contribution is 2.34. The molecule has 40 heavy (non-hydrogen) atoms. The van der Waals surface area contributed by atoms with E-state index in [1.807, 2.05) is 58.0 Å². The summed E-state index contributed by atoms with van der Waals surface area (Å²) in [4.78, 5) is 40.2. The van der Waals surface area contributed by atoms with Crippen LogP contribution in [0.5, 0.6) is 11.5 Å². The third kappa shape index (κ3) is 7.75. The van der Waals surface area contributed by atoms with Crippen LogP contribution in [0.15, 0.2) is 42.5 Å². The second-order valence-corrected chi connectivity index (χ2v) is 10.1. The molecule has 1 aliphatic rings. The normalized spacial score (nSPS) is 14.4. The highest BCUT2D eigenvalue weighted by Gasteiger charge is 2.49. The van der Waals surface area contributed by atoms with E-state index in [1.54, 1.807) is 11.8 Å². The molecule has 2 amide bonds. The number of benzene rings is 2. The predicted octanol–water partition coefficient (Wildman–Crippen LogP) is 4.71. The van der Waals surface area contributed by atoms with Crippen LogP contribution in [-0.4, -0.2) is 61.3 Å². The fraction of sp³-hybridized carbons (Fsp3) is 0.516. The van der Waals surface area contributed by atoms with E-state index >= 15 is 0 Å². The van der Waals surface area contributed by atoms with Gasteiger partial charge in [-0.1, -0.05) is 37.3 Å². The van der Waals surface area contributed by atoms with Gasteiger partial charge in [-0.25, -0.2) is 9.59 Å². The first-order valence-corrected chi connectivity index (χ1v) is 14.2. The number of carbonyl (C=O) groups is 3. The molecule has 9 heteroatoms.